The minimum atomic E-state index is -1.71. The molecule has 29 nitrogen and oxygen atoms in total. The van der Waals surface area contributed by atoms with Gasteiger partial charge in [-0.1, -0.05) is 60.3 Å². The molecule has 0 aliphatic carbocycles. The zero-order valence-electron chi connectivity index (χ0n) is 47.7. The van der Waals surface area contributed by atoms with E-state index in [1.54, 1.807) is 27.7 Å². The number of hydrogen-bond donors (Lipinski definition) is 18. The summed E-state index contributed by atoms with van der Waals surface area (Å²) in [5.41, 5.74) is 23.3. The van der Waals surface area contributed by atoms with Crippen LogP contribution in [0.15, 0.2) is 0 Å². The molecule has 29 heteroatoms. The van der Waals surface area contributed by atoms with Crippen molar-refractivity contribution < 1.29 is 68.1 Å². The molecule has 1 heterocycles. The van der Waals surface area contributed by atoms with Crippen LogP contribution in [0.5, 0.6) is 0 Å². The molecule has 0 radical (unpaired) electrons. The standard InChI is InChI=1S/C51H95N15O14/c1-8-9-10-11-12-13-39(70)57-31(14-19-52)45(74)66-41(30(7)69)51(80)61-33(16-21-54)42(71)60-35-18-23-56-50(79)40(29(6)68)65-46(75)34(17-22-55)59-49(78)38(26-67)64-48(77)37(25-28(4)5)63-47(76)36(24-27(2)3)62-43(72)32(15-20-53)58-44(35)73/h27-38,40-41,67-69H,8-26,52-55H2,1-7H3,(H,56,79)(H,57,70)(H,58,73)(H,59,78)(H,60,71)(H,61,80)(H,62,72)(H,63,76)(H,64,77)(H,65,75)(H,66,74)/t29-,30-,31+,32+,33+,34+,35+,36-,37+,38+,40+,41+/m1/s1. The van der Waals surface area contributed by atoms with Crippen LogP contribution in [0.3, 0.4) is 0 Å². The lowest BCUT2D eigenvalue weighted by molar-refractivity contribution is -0.137. The lowest BCUT2D eigenvalue weighted by atomic mass is 9.99. The van der Waals surface area contributed by atoms with Crippen molar-refractivity contribution in [3.63, 3.8) is 0 Å². The van der Waals surface area contributed by atoms with E-state index >= 15 is 0 Å². The van der Waals surface area contributed by atoms with Crippen LogP contribution in [-0.4, -0.2) is 192 Å². The molecule has 0 spiro atoms. The maximum absolute atomic E-state index is 14.4. The Morgan fingerprint density at radius 3 is 1.49 bits per heavy atom. The summed E-state index contributed by atoms with van der Waals surface area (Å²) in [5.74, 6) is -10.5. The first kappa shape index (κ1) is 71.9. The Morgan fingerprint density at radius 1 is 0.550 bits per heavy atom. The van der Waals surface area contributed by atoms with Crippen LogP contribution in [0.25, 0.3) is 0 Å². The number of nitrogens with one attached hydrogen (secondary N) is 11. The number of unbranched alkanes of at least 4 members (excludes halogenated alkanes) is 4. The summed E-state index contributed by atoms with van der Waals surface area (Å²) in [4.78, 5) is 152. The number of rotatable bonds is 28. The second-order valence-electron chi connectivity index (χ2n) is 21.0. The van der Waals surface area contributed by atoms with Crippen LogP contribution in [0, 0.1) is 11.8 Å². The van der Waals surface area contributed by atoms with Crippen molar-refractivity contribution in [1.82, 2.24) is 58.5 Å². The first-order valence-corrected chi connectivity index (χ1v) is 27.9. The van der Waals surface area contributed by atoms with Crippen molar-refractivity contribution in [3.05, 3.63) is 0 Å². The lowest BCUT2D eigenvalue weighted by Gasteiger charge is -2.29. The fourth-order valence-electron chi connectivity index (χ4n) is 8.43. The molecule has 0 saturated carbocycles. The van der Waals surface area contributed by atoms with E-state index in [1.165, 1.54) is 13.8 Å². The van der Waals surface area contributed by atoms with Crippen LogP contribution in [0.4, 0.5) is 0 Å². The molecule has 1 fully saturated rings. The van der Waals surface area contributed by atoms with Crippen LogP contribution in [0.1, 0.15) is 132 Å². The highest BCUT2D eigenvalue weighted by Gasteiger charge is 2.37. The number of amides is 11. The van der Waals surface area contributed by atoms with E-state index in [1.807, 2.05) is 0 Å². The Labute approximate surface area is 469 Å². The monoisotopic (exact) mass is 1140 g/mol. The van der Waals surface area contributed by atoms with Crippen molar-refractivity contribution >= 4 is 65.0 Å². The number of nitrogens with two attached hydrogens (primary N) is 4. The van der Waals surface area contributed by atoms with Gasteiger partial charge in [-0.25, -0.2) is 0 Å². The summed E-state index contributed by atoms with van der Waals surface area (Å²) in [6, 6.07) is -15.1. The highest BCUT2D eigenvalue weighted by molar-refractivity contribution is 5.99. The third kappa shape index (κ3) is 26.4. The zero-order valence-corrected chi connectivity index (χ0v) is 47.7. The summed E-state index contributed by atoms with van der Waals surface area (Å²) in [6.07, 6.45) is 0.223. The maximum atomic E-state index is 14.4. The van der Waals surface area contributed by atoms with Crippen LogP contribution in [-0.2, 0) is 52.7 Å². The normalized spacial score (nSPS) is 23.3. The molecule has 0 unspecified atom stereocenters. The molecule has 11 amide bonds. The van der Waals surface area contributed by atoms with E-state index in [0.717, 1.165) is 25.7 Å². The maximum Gasteiger partial charge on any atom is 0.245 e. The SMILES string of the molecule is CCCCCCCC(=O)N[C@@H](CCN)C(=O)N[C@H](C(=O)N[C@@H](CCN)C(=O)N[C@H]1CCNC(=O)[C@H]([C@@H](C)O)NC(=O)[C@H](CCN)NC(=O)[C@H](CO)NC(=O)[C@H](CC(C)C)NC(=O)[C@@H](CC(C)C)NC(=O)[C@H](CCN)NC1=O)[C@@H](C)O. The Morgan fingerprint density at radius 2 is 1.01 bits per heavy atom. The molecule has 22 N–H and O–H groups in total. The average Bonchev–Trinajstić information content (AvgIpc) is 3.38. The molecule has 1 aliphatic rings. The predicted octanol–water partition coefficient (Wildman–Crippen LogP) is -6.04. The Kier molecular flexibility index (Phi) is 34.6. The topological polar surface area (TPSA) is 485 Å². The largest absolute Gasteiger partial charge is 0.394 e. The molecule has 0 aromatic heterocycles. The number of carbonyl (C=O) groups excluding carboxylic acids is 11. The van der Waals surface area contributed by atoms with E-state index < -0.39 is 157 Å². The smallest absolute Gasteiger partial charge is 0.245 e. The molecule has 0 aromatic carbocycles. The molecule has 0 bridgehead atoms. The van der Waals surface area contributed by atoms with Crippen molar-refractivity contribution in [1.29, 1.82) is 0 Å². The zero-order chi connectivity index (χ0) is 60.6. The van der Waals surface area contributed by atoms with Gasteiger partial charge in [-0.05, 0) is 103 Å². The van der Waals surface area contributed by atoms with Crippen molar-refractivity contribution in [3.8, 4) is 0 Å². The van der Waals surface area contributed by atoms with E-state index in [0.29, 0.717) is 6.42 Å². The van der Waals surface area contributed by atoms with Gasteiger partial charge in [0.25, 0.3) is 0 Å². The van der Waals surface area contributed by atoms with Crippen LogP contribution >= 0.6 is 0 Å². The third-order valence-corrected chi connectivity index (χ3v) is 12.9. The fourth-order valence-corrected chi connectivity index (χ4v) is 8.43. The highest BCUT2D eigenvalue weighted by Crippen LogP contribution is 2.12. The number of aliphatic hydroxyl groups is 3. The van der Waals surface area contributed by atoms with Crippen molar-refractivity contribution in [2.45, 2.75) is 205 Å². The fraction of sp³-hybridized carbons (Fsp3) is 0.784. The molecular weight excluding hydrogens is 1050 g/mol. The van der Waals surface area contributed by atoms with Gasteiger partial charge in [0.15, 0.2) is 0 Å². The minimum Gasteiger partial charge on any atom is -0.394 e. The number of carbonyl (C=O) groups is 11. The highest BCUT2D eigenvalue weighted by atomic mass is 16.3. The van der Waals surface area contributed by atoms with E-state index in [4.69, 9.17) is 22.9 Å². The Balaban J connectivity index is 3.80. The van der Waals surface area contributed by atoms with Gasteiger partial charge in [-0.2, -0.15) is 0 Å². The van der Waals surface area contributed by atoms with Gasteiger partial charge >= 0.3 is 0 Å². The van der Waals surface area contributed by atoms with Gasteiger partial charge in [0, 0.05) is 13.0 Å². The minimum absolute atomic E-state index is 0.0139. The molecule has 12 atom stereocenters. The summed E-state index contributed by atoms with van der Waals surface area (Å²) in [7, 11) is 0. The van der Waals surface area contributed by atoms with Gasteiger partial charge in [0.05, 0.1) is 18.8 Å². The molecule has 1 saturated heterocycles. The van der Waals surface area contributed by atoms with E-state index in [-0.39, 0.29) is 83.0 Å². The van der Waals surface area contributed by atoms with Gasteiger partial charge in [0.2, 0.25) is 65.0 Å². The number of hydrogen-bond acceptors (Lipinski definition) is 18. The number of aliphatic hydroxyl groups excluding tert-OH is 3. The molecule has 1 rings (SSSR count). The van der Waals surface area contributed by atoms with Gasteiger partial charge in [-0.3, -0.25) is 52.7 Å². The predicted molar refractivity (Wildman–Crippen MR) is 294 cm³/mol. The van der Waals surface area contributed by atoms with Crippen molar-refractivity contribution in [2.75, 3.05) is 39.3 Å². The van der Waals surface area contributed by atoms with Gasteiger partial charge in [0.1, 0.15) is 60.4 Å². The summed E-state index contributed by atoms with van der Waals surface area (Å²) >= 11 is 0. The molecule has 1 aliphatic heterocycles. The van der Waals surface area contributed by atoms with Gasteiger partial charge in [-0.15, -0.1) is 0 Å². The first-order chi connectivity index (χ1) is 37.8. The summed E-state index contributed by atoms with van der Waals surface area (Å²) in [6.45, 7) is 9.43. The molecular formula is C51H95N15O14. The second-order valence-corrected chi connectivity index (χ2v) is 21.0. The Bertz CT molecular complexity index is 2010. The quantitative estimate of drug-likeness (QED) is 0.0324. The second kappa shape index (κ2) is 38.5. The average molecular weight is 1140 g/mol. The summed E-state index contributed by atoms with van der Waals surface area (Å²) in [5, 5.41) is 59.0. The third-order valence-electron chi connectivity index (χ3n) is 12.9. The Hall–Kier alpha value is -6.11. The molecule has 80 heavy (non-hydrogen) atoms. The molecule has 0 aromatic rings. The van der Waals surface area contributed by atoms with Gasteiger partial charge < -0.3 is 96.7 Å². The van der Waals surface area contributed by atoms with E-state index in [9.17, 15) is 68.1 Å². The van der Waals surface area contributed by atoms with Crippen LogP contribution < -0.4 is 81.4 Å². The summed E-state index contributed by atoms with van der Waals surface area (Å²) < 4.78 is 0. The molecule has 458 valence electrons. The first-order valence-electron chi connectivity index (χ1n) is 27.9. The van der Waals surface area contributed by atoms with E-state index in [2.05, 4.69) is 65.4 Å². The lowest BCUT2D eigenvalue weighted by Crippen LogP contribution is -2.62. The van der Waals surface area contributed by atoms with Crippen molar-refractivity contribution in [2.24, 2.45) is 34.8 Å². The van der Waals surface area contributed by atoms with Crippen LogP contribution in [0.2, 0.25) is 0 Å².